The fourth-order valence-corrected chi connectivity index (χ4v) is 9.74. The van der Waals surface area contributed by atoms with Crippen molar-refractivity contribution >= 4 is 17.3 Å². The molecule has 5 aliphatic rings. The maximum Gasteiger partial charge on any atom is 0.193 e. The molecular formula is C37H41F2NO6. The Hall–Kier alpha value is -3.24. The molecule has 9 heteroatoms. The molecule has 4 aliphatic carbocycles. The number of carbonyl (C=O) groups excluding carboxylic acids is 2. The number of Topliss-reactive ketones (excluding diaryl/α,β-unsaturated/α-hetero) is 1. The van der Waals surface area contributed by atoms with Crippen LogP contribution in [0.25, 0.3) is 0 Å². The molecule has 3 saturated carbocycles. The van der Waals surface area contributed by atoms with Crippen molar-refractivity contribution in [2.45, 2.75) is 82.4 Å². The van der Waals surface area contributed by atoms with Crippen molar-refractivity contribution in [1.29, 1.82) is 0 Å². The predicted octanol–water partition coefficient (Wildman–Crippen LogP) is 5.35. The third-order valence-electron chi connectivity index (χ3n) is 11.9. The molecule has 0 spiro atoms. The number of ketones is 2. The summed E-state index contributed by atoms with van der Waals surface area (Å²) in [5.74, 6) is -2.58. The van der Waals surface area contributed by atoms with Gasteiger partial charge in [-0.25, -0.2) is 8.78 Å². The van der Waals surface area contributed by atoms with E-state index in [4.69, 9.17) is 9.47 Å². The van der Waals surface area contributed by atoms with Gasteiger partial charge in [-0.1, -0.05) is 49.4 Å². The van der Waals surface area contributed by atoms with Crippen LogP contribution in [0.5, 0.6) is 0 Å². The number of halogens is 2. The van der Waals surface area contributed by atoms with E-state index in [1.165, 1.54) is 12.2 Å². The first-order valence-corrected chi connectivity index (χ1v) is 16.3. The van der Waals surface area contributed by atoms with Gasteiger partial charge in [-0.15, -0.1) is 0 Å². The number of ether oxygens (including phenoxy) is 2. The summed E-state index contributed by atoms with van der Waals surface area (Å²) in [6.45, 7) is 5.40. The average molecular weight is 634 g/mol. The number of carbonyl (C=O) groups is 2. The highest BCUT2D eigenvalue weighted by molar-refractivity contribution is 6.01. The Morgan fingerprint density at radius 2 is 1.85 bits per heavy atom. The lowest BCUT2D eigenvalue weighted by atomic mass is 9.44. The highest BCUT2D eigenvalue weighted by Gasteiger charge is 2.80. The number of hydrogen-bond donors (Lipinski definition) is 3. The summed E-state index contributed by atoms with van der Waals surface area (Å²) in [5, 5.41) is 25.2. The van der Waals surface area contributed by atoms with E-state index in [2.05, 4.69) is 24.4 Å². The largest absolute Gasteiger partial charge is 0.390 e. The van der Waals surface area contributed by atoms with Crippen molar-refractivity contribution in [1.82, 2.24) is 0 Å². The number of benzene rings is 2. The standard InChI is InChI=1S/C37H41F2NO6/c1-4-40-24-7-5-6-22(15-24)14-21-8-10-23(11-9-21)33-45-32-18-26-27-17-29(38)28-16-25(42)12-13-34(28,2)36(27,39)30(43)19-35(26,3)37(32,46-33)31(44)20-41/h5-13,15-16,26-27,29-30,32-33,40-41,43H,4,14,17-20H2,1-3H3/t26-,27-,29-,30-,32+,33+,34-,35-,36-,37+/m0/s1. The van der Waals surface area contributed by atoms with Gasteiger partial charge in [-0.05, 0) is 86.4 Å². The first kappa shape index (κ1) is 31.4. The molecule has 0 unspecified atom stereocenters. The zero-order valence-electron chi connectivity index (χ0n) is 26.3. The summed E-state index contributed by atoms with van der Waals surface area (Å²) >= 11 is 0. The van der Waals surface area contributed by atoms with E-state index in [0.29, 0.717) is 5.56 Å². The lowest BCUT2D eigenvalue weighted by Gasteiger charge is -2.63. The molecule has 4 fully saturated rings. The van der Waals surface area contributed by atoms with Crippen LogP contribution in [0.2, 0.25) is 0 Å². The Kier molecular flexibility index (Phi) is 7.44. The molecular weight excluding hydrogens is 592 g/mol. The maximum absolute atomic E-state index is 17.6. The first-order valence-electron chi connectivity index (χ1n) is 16.3. The molecule has 0 bridgehead atoms. The van der Waals surface area contributed by atoms with E-state index in [1.807, 2.05) is 36.4 Å². The van der Waals surface area contributed by atoms with Gasteiger partial charge < -0.3 is 25.0 Å². The summed E-state index contributed by atoms with van der Waals surface area (Å²) in [7, 11) is 0. The Morgan fingerprint density at radius 1 is 1.09 bits per heavy atom. The van der Waals surface area contributed by atoms with Gasteiger partial charge in [0.1, 0.15) is 12.8 Å². The van der Waals surface area contributed by atoms with Crippen LogP contribution >= 0.6 is 0 Å². The van der Waals surface area contributed by atoms with Crippen molar-refractivity contribution in [3.05, 3.63) is 89.0 Å². The Bertz CT molecular complexity index is 1630. The molecule has 0 radical (unpaired) electrons. The number of anilines is 1. The lowest BCUT2D eigenvalue weighted by Crippen LogP contribution is -2.70. The van der Waals surface area contributed by atoms with E-state index in [9.17, 15) is 19.8 Å². The minimum atomic E-state index is -2.29. The lowest BCUT2D eigenvalue weighted by molar-refractivity contribution is -0.235. The summed E-state index contributed by atoms with van der Waals surface area (Å²) in [5.41, 5.74) is -2.60. The summed E-state index contributed by atoms with van der Waals surface area (Å²) < 4.78 is 46.4. The van der Waals surface area contributed by atoms with Crippen molar-refractivity contribution in [3.63, 3.8) is 0 Å². The summed E-state index contributed by atoms with van der Waals surface area (Å²) in [4.78, 5) is 25.9. The third-order valence-corrected chi connectivity index (χ3v) is 11.9. The molecule has 2 aromatic rings. The monoisotopic (exact) mass is 633 g/mol. The Labute approximate surface area is 267 Å². The molecule has 1 saturated heterocycles. The minimum absolute atomic E-state index is 0.0436. The number of fused-ring (bicyclic) bond motifs is 7. The van der Waals surface area contributed by atoms with Crippen LogP contribution in [0.1, 0.15) is 63.0 Å². The molecule has 7 nitrogen and oxygen atoms in total. The summed E-state index contributed by atoms with van der Waals surface area (Å²) in [6, 6.07) is 16.0. The number of nitrogens with one attached hydrogen (secondary N) is 1. The van der Waals surface area contributed by atoms with Crippen LogP contribution in [0.15, 0.2) is 72.3 Å². The zero-order valence-corrected chi connectivity index (χ0v) is 26.3. The van der Waals surface area contributed by atoms with E-state index in [1.54, 1.807) is 13.8 Å². The molecule has 0 amide bonds. The number of aliphatic hydroxyl groups excluding tert-OH is 2. The van der Waals surface area contributed by atoms with Crippen LogP contribution in [0.4, 0.5) is 14.5 Å². The maximum atomic E-state index is 17.6. The number of alkyl halides is 2. The van der Waals surface area contributed by atoms with E-state index < -0.39 is 76.8 Å². The number of aliphatic hydroxyl groups is 2. The molecule has 0 aromatic heterocycles. The fraction of sp³-hybridized carbons (Fsp3) is 0.514. The van der Waals surface area contributed by atoms with Crippen LogP contribution < -0.4 is 5.32 Å². The van der Waals surface area contributed by atoms with E-state index in [-0.39, 0.29) is 24.8 Å². The number of rotatable bonds is 7. The molecule has 1 heterocycles. The van der Waals surface area contributed by atoms with Gasteiger partial charge in [0.25, 0.3) is 0 Å². The van der Waals surface area contributed by atoms with Crippen LogP contribution in [-0.4, -0.2) is 64.6 Å². The molecule has 2 aromatic carbocycles. The first-order chi connectivity index (χ1) is 21.9. The second-order valence-electron chi connectivity index (χ2n) is 14.1. The van der Waals surface area contributed by atoms with Gasteiger partial charge in [0.15, 0.2) is 29.1 Å². The van der Waals surface area contributed by atoms with E-state index in [0.717, 1.165) is 35.9 Å². The second kappa shape index (κ2) is 10.9. The van der Waals surface area contributed by atoms with Crippen molar-refractivity contribution < 1.29 is 38.1 Å². The molecule has 244 valence electrons. The van der Waals surface area contributed by atoms with Crippen LogP contribution in [0, 0.1) is 22.7 Å². The van der Waals surface area contributed by atoms with Gasteiger partial charge in [0.2, 0.25) is 0 Å². The average Bonchev–Trinajstić information content (AvgIpc) is 3.53. The van der Waals surface area contributed by atoms with Crippen molar-refractivity contribution in [2.24, 2.45) is 22.7 Å². The van der Waals surface area contributed by atoms with Gasteiger partial charge in [-0.3, -0.25) is 9.59 Å². The van der Waals surface area contributed by atoms with Gasteiger partial charge in [0, 0.05) is 34.5 Å². The molecule has 7 rings (SSSR count). The topological polar surface area (TPSA) is 105 Å². The second-order valence-corrected chi connectivity index (χ2v) is 14.1. The van der Waals surface area contributed by atoms with E-state index >= 15 is 8.78 Å². The quantitative estimate of drug-likeness (QED) is 0.378. The zero-order chi connectivity index (χ0) is 32.6. The third kappa shape index (κ3) is 4.21. The normalized spacial score (nSPS) is 40.8. The minimum Gasteiger partial charge on any atom is -0.390 e. The SMILES string of the molecule is CCNc1cccc(Cc2ccc([C@@H]3O[C@@H]4C[C@H]5[C@@H]6C[C@H](F)C7=CC(=O)C=C[C@]7(C)[C@@]6(F)[C@@H](O)C[C@]5(C)[C@]4(C(=O)CO)O3)cc2)c1. The highest BCUT2D eigenvalue weighted by Crippen LogP contribution is 2.72. The van der Waals surface area contributed by atoms with Gasteiger partial charge in [-0.2, -0.15) is 0 Å². The Morgan fingerprint density at radius 3 is 2.57 bits per heavy atom. The molecule has 10 atom stereocenters. The number of hydrogen-bond acceptors (Lipinski definition) is 7. The van der Waals surface area contributed by atoms with Crippen LogP contribution in [-0.2, 0) is 25.5 Å². The Balaban J connectivity index is 1.18. The smallest absolute Gasteiger partial charge is 0.193 e. The van der Waals surface area contributed by atoms with Crippen LogP contribution in [0.3, 0.4) is 0 Å². The number of allylic oxidation sites excluding steroid dienone is 4. The van der Waals surface area contributed by atoms with Gasteiger partial charge >= 0.3 is 0 Å². The summed E-state index contributed by atoms with van der Waals surface area (Å²) in [6.07, 6.45) is -0.616. The highest BCUT2D eigenvalue weighted by atomic mass is 19.1. The van der Waals surface area contributed by atoms with Crippen molar-refractivity contribution in [2.75, 3.05) is 18.5 Å². The van der Waals surface area contributed by atoms with Gasteiger partial charge in [0.05, 0.1) is 12.2 Å². The molecule has 3 N–H and O–H groups in total. The fourth-order valence-electron chi connectivity index (χ4n) is 9.74. The molecule has 1 aliphatic heterocycles. The molecule has 46 heavy (non-hydrogen) atoms. The predicted molar refractivity (Wildman–Crippen MR) is 167 cm³/mol. The van der Waals surface area contributed by atoms with Crippen molar-refractivity contribution in [3.8, 4) is 0 Å².